The van der Waals surface area contributed by atoms with Crippen LogP contribution in [0.4, 0.5) is 4.39 Å². The van der Waals surface area contributed by atoms with Gasteiger partial charge in [0.25, 0.3) is 0 Å². The van der Waals surface area contributed by atoms with Crippen LogP contribution in [0.3, 0.4) is 0 Å². The molecule has 4 heteroatoms. The summed E-state index contributed by atoms with van der Waals surface area (Å²) in [6.07, 6.45) is 1.70. The minimum Gasteiger partial charge on any atom is -0.497 e. The van der Waals surface area contributed by atoms with Crippen LogP contribution in [0.25, 0.3) is 0 Å². The zero-order valence-corrected chi connectivity index (χ0v) is 10.7. The number of aliphatic hydroxyl groups excluding tert-OH is 1. The molecule has 0 heterocycles. The highest BCUT2D eigenvalue weighted by atomic mass is 19.1. The van der Waals surface area contributed by atoms with E-state index in [1.54, 1.807) is 7.11 Å². The Morgan fingerprint density at radius 1 is 1.39 bits per heavy atom. The van der Waals surface area contributed by atoms with Gasteiger partial charge in [-0.15, -0.1) is 0 Å². The van der Waals surface area contributed by atoms with Gasteiger partial charge in [0.05, 0.1) is 26.4 Å². The van der Waals surface area contributed by atoms with Gasteiger partial charge in [-0.25, -0.2) is 4.39 Å². The highest BCUT2D eigenvalue weighted by Gasteiger charge is 2.02. The molecule has 0 aromatic heterocycles. The first-order valence-electron chi connectivity index (χ1n) is 5.85. The summed E-state index contributed by atoms with van der Waals surface area (Å²) in [4.78, 5) is 0. The summed E-state index contributed by atoms with van der Waals surface area (Å²) in [5.41, 5.74) is 1.04. The molecular formula is C14H19FO3. The van der Waals surface area contributed by atoms with Gasteiger partial charge >= 0.3 is 0 Å². The van der Waals surface area contributed by atoms with Gasteiger partial charge in [0.1, 0.15) is 11.6 Å². The van der Waals surface area contributed by atoms with Crippen LogP contribution < -0.4 is 4.74 Å². The molecule has 1 rings (SSSR count). The molecule has 0 bridgehead atoms. The summed E-state index contributed by atoms with van der Waals surface area (Å²) >= 11 is 0. The lowest BCUT2D eigenvalue weighted by Gasteiger charge is -2.11. The van der Waals surface area contributed by atoms with Crippen LogP contribution in [0.5, 0.6) is 5.75 Å². The minimum atomic E-state index is -0.550. The van der Waals surface area contributed by atoms with Gasteiger partial charge in [0.15, 0.2) is 0 Å². The van der Waals surface area contributed by atoms with Gasteiger partial charge in [-0.2, -0.15) is 0 Å². The van der Waals surface area contributed by atoms with E-state index in [0.717, 1.165) is 11.3 Å². The standard InChI is InChI=1S/C14H19FO3/c1-11(3-6-13(15)9-16)18-10-12-4-7-14(17-2)8-5-12/h4-8,11,16H,3,9-10H2,1-2H3/b13-6+/t11-/m1/s1. The predicted molar refractivity (Wildman–Crippen MR) is 68.1 cm³/mol. The summed E-state index contributed by atoms with van der Waals surface area (Å²) in [7, 11) is 1.62. The van der Waals surface area contributed by atoms with E-state index >= 15 is 0 Å². The van der Waals surface area contributed by atoms with Gasteiger partial charge in [0.2, 0.25) is 0 Å². The molecule has 0 fully saturated rings. The van der Waals surface area contributed by atoms with Crippen molar-refractivity contribution in [3.05, 3.63) is 41.7 Å². The molecule has 0 unspecified atom stereocenters. The molecule has 0 aliphatic carbocycles. The number of methoxy groups -OCH3 is 1. The summed E-state index contributed by atoms with van der Waals surface area (Å²) in [5.74, 6) is 0.287. The maximum absolute atomic E-state index is 12.7. The zero-order chi connectivity index (χ0) is 13.4. The van der Waals surface area contributed by atoms with Crippen LogP contribution >= 0.6 is 0 Å². The summed E-state index contributed by atoms with van der Waals surface area (Å²) in [6, 6.07) is 7.59. The maximum Gasteiger partial charge on any atom is 0.121 e. The highest BCUT2D eigenvalue weighted by molar-refractivity contribution is 5.26. The first-order valence-corrected chi connectivity index (χ1v) is 5.85. The summed E-state index contributed by atoms with van der Waals surface area (Å²) in [5, 5.41) is 8.51. The van der Waals surface area contributed by atoms with Crippen molar-refractivity contribution in [1.29, 1.82) is 0 Å². The summed E-state index contributed by atoms with van der Waals surface area (Å²) < 4.78 is 23.3. The minimum absolute atomic E-state index is 0.0931. The third-order valence-corrected chi connectivity index (χ3v) is 2.52. The van der Waals surface area contributed by atoms with Crippen molar-refractivity contribution >= 4 is 0 Å². The number of rotatable bonds is 7. The van der Waals surface area contributed by atoms with Gasteiger partial charge in [-0.3, -0.25) is 0 Å². The van der Waals surface area contributed by atoms with Crippen LogP contribution in [0.15, 0.2) is 36.2 Å². The highest BCUT2D eigenvalue weighted by Crippen LogP contribution is 2.13. The average Bonchev–Trinajstić information content (AvgIpc) is 2.42. The molecule has 3 nitrogen and oxygen atoms in total. The number of benzene rings is 1. The molecule has 0 aliphatic heterocycles. The molecule has 18 heavy (non-hydrogen) atoms. The van der Waals surface area contributed by atoms with E-state index < -0.39 is 12.4 Å². The van der Waals surface area contributed by atoms with Crippen molar-refractivity contribution in [2.24, 2.45) is 0 Å². The fourth-order valence-corrected chi connectivity index (χ4v) is 1.39. The van der Waals surface area contributed by atoms with E-state index in [1.165, 1.54) is 6.08 Å². The Hall–Kier alpha value is -1.39. The molecule has 1 aromatic rings. The fourth-order valence-electron chi connectivity index (χ4n) is 1.39. The Bertz CT molecular complexity index is 373. The molecule has 0 amide bonds. The van der Waals surface area contributed by atoms with Crippen molar-refractivity contribution in [3.8, 4) is 5.75 Å². The lowest BCUT2D eigenvalue weighted by atomic mass is 10.2. The predicted octanol–water partition coefficient (Wildman–Crippen LogP) is 2.84. The molecule has 0 saturated heterocycles. The molecular weight excluding hydrogens is 235 g/mol. The van der Waals surface area contributed by atoms with Gasteiger partial charge in [-0.1, -0.05) is 12.1 Å². The van der Waals surface area contributed by atoms with E-state index in [1.807, 2.05) is 31.2 Å². The molecule has 1 aromatic carbocycles. The quantitative estimate of drug-likeness (QED) is 0.813. The smallest absolute Gasteiger partial charge is 0.121 e. The summed E-state index contributed by atoms with van der Waals surface area (Å²) in [6.45, 7) is 1.79. The number of ether oxygens (including phenoxy) is 2. The Morgan fingerprint density at radius 3 is 2.61 bits per heavy atom. The van der Waals surface area contributed by atoms with E-state index in [-0.39, 0.29) is 6.10 Å². The van der Waals surface area contributed by atoms with E-state index in [2.05, 4.69) is 0 Å². The van der Waals surface area contributed by atoms with E-state index in [4.69, 9.17) is 14.6 Å². The Morgan fingerprint density at radius 2 is 2.06 bits per heavy atom. The van der Waals surface area contributed by atoms with Crippen molar-refractivity contribution in [3.63, 3.8) is 0 Å². The number of hydrogen-bond donors (Lipinski definition) is 1. The van der Waals surface area contributed by atoms with Crippen molar-refractivity contribution < 1.29 is 19.0 Å². The van der Waals surface area contributed by atoms with E-state index in [9.17, 15) is 4.39 Å². The number of aliphatic hydroxyl groups is 1. The number of halogens is 1. The van der Waals surface area contributed by atoms with Crippen LogP contribution in [-0.2, 0) is 11.3 Å². The fraction of sp³-hybridized carbons (Fsp3) is 0.429. The van der Waals surface area contributed by atoms with E-state index in [0.29, 0.717) is 13.0 Å². The van der Waals surface area contributed by atoms with Gasteiger partial charge in [0, 0.05) is 0 Å². The Kier molecular flexibility index (Phi) is 6.39. The van der Waals surface area contributed by atoms with Crippen LogP contribution in [0, 0.1) is 0 Å². The molecule has 1 atom stereocenters. The SMILES string of the molecule is COc1ccc(CO[C@H](C)C/C=C(/F)CO)cc1. The van der Waals surface area contributed by atoms with Crippen LogP contribution in [0.1, 0.15) is 18.9 Å². The zero-order valence-electron chi connectivity index (χ0n) is 10.7. The molecule has 100 valence electrons. The molecule has 0 spiro atoms. The van der Waals surface area contributed by atoms with Crippen molar-refractivity contribution in [2.45, 2.75) is 26.1 Å². The van der Waals surface area contributed by atoms with Gasteiger partial charge < -0.3 is 14.6 Å². The van der Waals surface area contributed by atoms with Crippen molar-refractivity contribution in [1.82, 2.24) is 0 Å². The number of hydrogen-bond acceptors (Lipinski definition) is 3. The lowest BCUT2D eigenvalue weighted by molar-refractivity contribution is 0.0548. The first-order chi connectivity index (χ1) is 8.65. The molecule has 0 aliphatic rings. The molecule has 1 N–H and O–H groups in total. The normalized spacial score (nSPS) is 13.4. The monoisotopic (exact) mass is 254 g/mol. The second-order valence-corrected chi connectivity index (χ2v) is 4.01. The Balaban J connectivity index is 2.35. The molecule has 0 radical (unpaired) electrons. The second-order valence-electron chi connectivity index (χ2n) is 4.01. The first kappa shape index (κ1) is 14.7. The topological polar surface area (TPSA) is 38.7 Å². The third kappa shape index (κ3) is 5.29. The van der Waals surface area contributed by atoms with Crippen LogP contribution in [0.2, 0.25) is 0 Å². The largest absolute Gasteiger partial charge is 0.497 e. The maximum atomic E-state index is 12.7. The third-order valence-electron chi connectivity index (χ3n) is 2.52. The van der Waals surface area contributed by atoms with Gasteiger partial charge in [-0.05, 0) is 37.1 Å². The van der Waals surface area contributed by atoms with Crippen LogP contribution in [-0.4, -0.2) is 24.9 Å². The average molecular weight is 254 g/mol. The molecule has 0 saturated carbocycles. The lowest BCUT2D eigenvalue weighted by Crippen LogP contribution is -2.07. The van der Waals surface area contributed by atoms with Crippen molar-refractivity contribution in [2.75, 3.05) is 13.7 Å². The Labute approximate surface area is 107 Å². The second kappa shape index (κ2) is 7.84.